The van der Waals surface area contributed by atoms with Gasteiger partial charge < -0.3 is 10.2 Å². The second-order valence-electron chi connectivity index (χ2n) is 10.1. The molecule has 0 bridgehead atoms. The van der Waals surface area contributed by atoms with Crippen molar-refractivity contribution < 1.29 is 41.4 Å². The van der Waals surface area contributed by atoms with Crippen molar-refractivity contribution in [2.75, 3.05) is 0 Å². The summed E-state index contributed by atoms with van der Waals surface area (Å²) in [7, 11) is 0. The molecule has 41 heavy (non-hydrogen) atoms. The van der Waals surface area contributed by atoms with Crippen LogP contribution in [0.25, 0.3) is 17.2 Å². The highest BCUT2D eigenvalue weighted by molar-refractivity contribution is 5.73. The van der Waals surface area contributed by atoms with Gasteiger partial charge in [0.15, 0.2) is 0 Å². The molecule has 0 saturated carbocycles. The van der Waals surface area contributed by atoms with Gasteiger partial charge in [-0.1, -0.05) is 56.3 Å². The molecule has 10 heteroatoms. The highest BCUT2D eigenvalue weighted by Gasteiger charge is 2.68. The molecule has 0 aliphatic rings. The number of alkyl halides is 6. The molecule has 0 fully saturated rings. The third kappa shape index (κ3) is 6.32. The predicted octanol–water partition coefficient (Wildman–Crippen LogP) is 7.97. The number of aliphatic carboxylic acids is 1. The van der Waals surface area contributed by atoms with Crippen LogP contribution < -0.4 is 0 Å². The Morgan fingerprint density at radius 2 is 1.41 bits per heavy atom. The van der Waals surface area contributed by atoms with Gasteiger partial charge in [0.1, 0.15) is 0 Å². The molecule has 0 atom stereocenters. The summed E-state index contributed by atoms with van der Waals surface area (Å²) in [6, 6.07) is 12.6. The van der Waals surface area contributed by atoms with Crippen LogP contribution in [0, 0.1) is 13.8 Å². The van der Waals surface area contributed by atoms with E-state index in [-0.39, 0.29) is 18.1 Å². The molecular formula is C31H31F6NO3. The second kappa shape index (κ2) is 11.7. The van der Waals surface area contributed by atoms with E-state index in [0.29, 0.717) is 30.0 Å². The van der Waals surface area contributed by atoms with Crippen LogP contribution in [0.5, 0.6) is 0 Å². The van der Waals surface area contributed by atoms with Gasteiger partial charge in [0.2, 0.25) is 0 Å². The summed E-state index contributed by atoms with van der Waals surface area (Å²) in [6.45, 7) is 7.52. The number of carbonyl (C=O) groups is 1. The molecule has 3 aromatic rings. The molecule has 0 unspecified atom stereocenters. The molecular weight excluding hydrogens is 548 g/mol. The summed E-state index contributed by atoms with van der Waals surface area (Å²) in [6.07, 6.45) is -7.15. The SMILES string of the molecule is CCC(CC)(c1ccc(C=CC(O)(C(F)(F)F)C(F)(F)F)c(C)c1)c1ccc(-c2cncc(CC(=O)O)c2)c(C)c1. The largest absolute Gasteiger partial charge is 0.481 e. The minimum Gasteiger partial charge on any atom is -0.481 e. The maximum Gasteiger partial charge on any atom is 0.430 e. The van der Waals surface area contributed by atoms with E-state index in [1.165, 1.54) is 12.3 Å². The second-order valence-corrected chi connectivity index (χ2v) is 10.1. The first-order chi connectivity index (χ1) is 19.0. The van der Waals surface area contributed by atoms with Crippen molar-refractivity contribution in [3.63, 3.8) is 0 Å². The van der Waals surface area contributed by atoms with Crippen LogP contribution in [0.15, 0.2) is 60.9 Å². The molecule has 4 nitrogen and oxygen atoms in total. The van der Waals surface area contributed by atoms with E-state index in [4.69, 9.17) is 5.11 Å². The van der Waals surface area contributed by atoms with Gasteiger partial charge in [-0.2, -0.15) is 26.3 Å². The Balaban J connectivity index is 2.02. The standard InChI is InChI=1S/C31H31F6NO3/c1-5-28(6-2,25-9-10-26(20(4)14-25)23-15-21(16-27(39)40)17-38-18-23)24-8-7-22(19(3)13-24)11-12-29(41,30(32,33)34)31(35,36)37/h7-15,17-18,41H,5-6,16H2,1-4H3,(H,39,40). The highest BCUT2D eigenvalue weighted by atomic mass is 19.4. The number of aryl methyl sites for hydroxylation is 2. The summed E-state index contributed by atoms with van der Waals surface area (Å²) >= 11 is 0. The van der Waals surface area contributed by atoms with Gasteiger partial charge in [-0.25, -0.2) is 0 Å². The third-order valence-corrected chi connectivity index (χ3v) is 7.64. The Hall–Kier alpha value is -3.66. The molecule has 1 heterocycles. The first-order valence-electron chi connectivity index (χ1n) is 12.9. The average Bonchev–Trinajstić information content (AvgIpc) is 2.87. The van der Waals surface area contributed by atoms with Crippen molar-refractivity contribution in [2.45, 2.75) is 70.3 Å². The zero-order valence-corrected chi connectivity index (χ0v) is 23.0. The van der Waals surface area contributed by atoms with Crippen LogP contribution in [0.3, 0.4) is 0 Å². The summed E-state index contributed by atoms with van der Waals surface area (Å²) in [4.78, 5) is 15.3. The van der Waals surface area contributed by atoms with Crippen LogP contribution in [-0.4, -0.2) is 39.1 Å². The van der Waals surface area contributed by atoms with Crippen molar-refractivity contribution in [2.24, 2.45) is 0 Å². The normalized spacial score (nSPS) is 13.1. The molecule has 0 aliphatic carbocycles. The van der Waals surface area contributed by atoms with E-state index < -0.39 is 29.3 Å². The summed E-state index contributed by atoms with van der Waals surface area (Å²) in [5, 5.41) is 18.6. The fraction of sp³-hybridized carbons (Fsp3) is 0.355. The Labute approximate surface area is 234 Å². The van der Waals surface area contributed by atoms with Gasteiger partial charge >= 0.3 is 18.3 Å². The zero-order valence-electron chi connectivity index (χ0n) is 23.0. The molecule has 0 aliphatic heterocycles. The Bertz CT molecular complexity index is 1420. The van der Waals surface area contributed by atoms with Crippen LogP contribution in [0.2, 0.25) is 0 Å². The van der Waals surface area contributed by atoms with Gasteiger partial charge in [-0.05, 0) is 77.8 Å². The van der Waals surface area contributed by atoms with Crippen molar-refractivity contribution in [1.29, 1.82) is 0 Å². The minimum absolute atomic E-state index is 0.113. The van der Waals surface area contributed by atoms with E-state index in [1.54, 1.807) is 31.3 Å². The number of halogens is 6. The molecule has 220 valence electrons. The lowest BCUT2D eigenvalue weighted by Gasteiger charge is -2.34. The highest BCUT2D eigenvalue weighted by Crippen LogP contribution is 2.45. The van der Waals surface area contributed by atoms with Crippen LogP contribution >= 0.6 is 0 Å². The molecule has 0 spiro atoms. The van der Waals surface area contributed by atoms with Crippen molar-refractivity contribution in [3.8, 4) is 11.1 Å². The van der Waals surface area contributed by atoms with Gasteiger partial charge in [0, 0.05) is 23.4 Å². The lowest BCUT2D eigenvalue weighted by molar-refractivity contribution is -0.347. The number of hydrogen-bond acceptors (Lipinski definition) is 3. The Morgan fingerprint density at radius 1 is 0.854 bits per heavy atom. The maximum atomic E-state index is 13.1. The lowest BCUT2D eigenvalue weighted by atomic mass is 9.69. The molecule has 0 radical (unpaired) electrons. The molecule has 1 aromatic heterocycles. The fourth-order valence-corrected chi connectivity index (χ4v) is 5.15. The molecule has 3 rings (SSSR count). The maximum absolute atomic E-state index is 13.1. The predicted molar refractivity (Wildman–Crippen MR) is 144 cm³/mol. The van der Waals surface area contributed by atoms with Crippen LogP contribution in [0.1, 0.15) is 60.1 Å². The number of rotatable bonds is 9. The number of hydrogen-bond donors (Lipinski definition) is 2. The van der Waals surface area contributed by atoms with E-state index in [0.717, 1.165) is 27.8 Å². The topological polar surface area (TPSA) is 70.4 Å². The summed E-state index contributed by atoms with van der Waals surface area (Å²) < 4.78 is 78.6. The zero-order chi connectivity index (χ0) is 30.8. The van der Waals surface area contributed by atoms with E-state index >= 15 is 0 Å². The van der Waals surface area contributed by atoms with Gasteiger partial charge in [-0.3, -0.25) is 9.78 Å². The molecule has 2 N–H and O–H groups in total. The number of carboxylic acid groups (broad SMARTS) is 1. The number of benzene rings is 2. The molecule has 0 amide bonds. The average molecular weight is 580 g/mol. The van der Waals surface area contributed by atoms with Crippen molar-refractivity contribution in [1.82, 2.24) is 4.98 Å². The first kappa shape index (κ1) is 31.9. The van der Waals surface area contributed by atoms with Crippen molar-refractivity contribution in [3.05, 3.63) is 94.3 Å². The number of carboxylic acids is 1. The van der Waals surface area contributed by atoms with Crippen LogP contribution in [0.4, 0.5) is 26.3 Å². The molecule has 0 saturated heterocycles. The van der Waals surface area contributed by atoms with Crippen LogP contribution in [-0.2, 0) is 16.6 Å². The Kier molecular flexibility index (Phi) is 9.08. The summed E-state index contributed by atoms with van der Waals surface area (Å²) in [5.41, 5.74) is 0.0713. The monoisotopic (exact) mass is 579 g/mol. The van der Waals surface area contributed by atoms with E-state index in [1.807, 2.05) is 39.0 Å². The van der Waals surface area contributed by atoms with E-state index in [9.17, 15) is 36.2 Å². The number of aromatic nitrogens is 1. The Morgan fingerprint density at radius 3 is 1.90 bits per heavy atom. The lowest BCUT2D eigenvalue weighted by Crippen LogP contribution is -2.55. The smallest absolute Gasteiger partial charge is 0.430 e. The first-order valence-corrected chi connectivity index (χ1v) is 12.9. The van der Waals surface area contributed by atoms with Gasteiger partial charge in [0.05, 0.1) is 6.42 Å². The van der Waals surface area contributed by atoms with Crippen molar-refractivity contribution >= 4 is 12.0 Å². The number of nitrogens with zero attached hydrogens (tertiary/aromatic N) is 1. The quantitative estimate of drug-likeness (QED) is 0.252. The fourth-order valence-electron chi connectivity index (χ4n) is 5.15. The minimum atomic E-state index is -5.94. The number of pyridine rings is 1. The number of aliphatic hydroxyl groups is 1. The van der Waals surface area contributed by atoms with E-state index in [2.05, 4.69) is 4.98 Å². The molecule has 2 aromatic carbocycles. The van der Waals surface area contributed by atoms with Gasteiger partial charge in [-0.15, -0.1) is 0 Å². The van der Waals surface area contributed by atoms with Gasteiger partial charge in [0.25, 0.3) is 5.60 Å². The third-order valence-electron chi connectivity index (χ3n) is 7.64. The summed E-state index contributed by atoms with van der Waals surface area (Å²) in [5.74, 6) is -0.958.